The number of nitrogens with one attached hydrogen (secondary N) is 2. The standard InChI is InChI=1S/C27H29N3O4S/c1-19(22-11-7-4-8-12-22)28-27(32)25(17-21-9-5-3-6-10-21)29-35(33,34)24-13-14-26-23(18-24)15-16-30(26)20(2)31/h3-14,18-19,25,29H,15-17H2,1-2H3,(H,28,32)/t19-,25+/m0/s1. The lowest BCUT2D eigenvalue weighted by Crippen LogP contribution is -2.48. The van der Waals surface area contributed by atoms with Gasteiger partial charge in [-0.1, -0.05) is 60.7 Å². The molecule has 7 nitrogen and oxygen atoms in total. The number of fused-ring (bicyclic) bond motifs is 1. The van der Waals surface area contributed by atoms with Gasteiger partial charge in [-0.2, -0.15) is 4.72 Å². The third-order valence-electron chi connectivity index (χ3n) is 6.19. The lowest BCUT2D eigenvalue weighted by atomic mass is 10.0. The molecule has 0 unspecified atom stereocenters. The van der Waals surface area contributed by atoms with Gasteiger partial charge in [0.15, 0.2) is 0 Å². The molecule has 35 heavy (non-hydrogen) atoms. The van der Waals surface area contributed by atoms with Gasteiger partial charge in [-0.15, -0.1) is 0 Å². The minimum atomic E-state index is -4.00. The maximum Gasteiger partial charge on any atom is 0.241 e. The minimum absolute atomic E-state index is 0.0728. The highest BCUT2D eigenvalue weighted by atomic mass is 32.2. The number of amides is 2. The summed E-state index contributed by atoms with van der Waals surface area (Å²) in [6.07, 6.45) is 0.789. The smallest absolute Gasteiger partial charge is 0.241 e. The van der Waals surface area contributed by atoms with E-state index in [-0.39, 0.29) is 23.3 Å². The molecule has 0 aliphatic carbocycles. The van der Waals surface area contributed by atoms with Crippen LogP contribution in [0.2, 0.25) is 0 Å². The fourth-order valence-corrected chi connectivity index (χ4v) is 5.55. The predicted octanol–water partition coefficient (Wildman–Crippen LogP) is 3.36. The van der Waals surface area contributed by atoms with E-state index < -0.39 is 22.0 Å². The molecule has 0 saturated heterocycles. The van der Waals surface area contributed by atoms with E-state index in [1.165, 1.54) is 13.0 Å². The van der Waals surface area contributed by atoms with Gasteiger partial charge >= 0.3 is 0 Å². The van der Waals surface area contributed by atoms with E-state index in [1.54, 1.807) is 17.0 Å². The Morgan fingerprint density at radius 2 is 1.63 bits per heavy atom. The van der Waals surface area contributed by atoms with Gasteiger partial charge in [0.25, 0.3) is 0 Å². The minimum Gasteiger partial charge on any atom is -0.348 e. The fraction of sp³-hybridized carbons (Fsp3) is 0.259. The van der Waals surface area contributed by atoms with Crippen molar-refractivity contribution in [3.63, 3.8) is 0 Å². The molecule has 2 N–H and O–H groups in total. The molecular weight excluding hydrogens is 462 g/mol. The molecule has 2 amide bonds. The Labute approximate surface area is 206 Å². The first-order chi connectivity index (χ1) is 16.7. The number of hydrogen-bond acceptors (Lipinski definition) is 4. The number of hydrogen-bond donors (Lipinski definition) is 2. The zero-order valence-corrected chi connectivity index (χ0v) is 20.6. The van der Waals surface area contributed by atoms with Gasteiger partial charge in [-0.25, -0.2) is 8.42 Å². The third kappa shape index (κ3) is 5.78. The Morgan fingerprint density at radius 3 is 2.29 bits per heavy atom. The molecule has 0 saturated carbocycles. The van der Waals surface area contributed by atoms with Crippen molar-refractivity contribution >= 4 is 27.5 Å². The largest absolute Gasteiger partial charge is 0.348 e. The Kier molecular flexibility index (Phi) is 7.33. The quantitative estimate of drug-likeness (QED) is 0.505. The lowest BCUT2D eigenvalue weighted by molar-refractivity contribution is -0.123. The zero-order chi connectivity index (χ0) is 25.0. The number of carbonyl (C=O) groups is 2. The van der Waals surface area contributed by atoms with Gasteiger partial charge in [-0.05, 0) is 54.7 Å². The van der Waals surface area contributed by atoms with Crippen molar-refractivity contribution in [1.82, 2.24) is 10.0 Å². The molecule has 1 aliphatic rings. The van der Waals surface area contributed by atoms with Crippen LogP contribution in [0.4, 0.5) is 5.69 Å². The van der Waals surface area contributed by atoms with Gasteiger partial charge in [0.2, 0.25) is 21.8 Å². The fourth-order valence-electron chi connectivity index (χ4n) is 4.30. The van der Waals surface area contributed by atoms with E-state index in [1.807, 2.05) is 67.6 Å². The van der Waals surface area contributed by atoms with Crippen LogP contribution in [-0.4, -0.2) is 32.8 Å². The summed E-state index contributed by atoms with van der Waals surface area (Å²) in [7, 11) is -4.00. The summed E-state index contributed by atoms with van der Waals surface area (Å²) in [6.45, 7) is 3.88. The predicted molar refractivity (Wildman–Crippen MR) is 135 cm³/mol. The number of nitrogens with zero attached hydrogens (tertiary/aromatic N) is 1. The number of anilines is 1. The van der Waals surface area contributed by atoms with Crippen LogP contribution >= 0.6 is 0 Å². The molecule has 1 heterocycles. The van der Waals surface area contributed by atoms with Crippen LogP contribution in [0.25, 0.3) is 0 Å². The molecule has 1 aliphatic heterocycles. The summed E-state index contributed by atoms with van der Waals surface area (Å²) in [5, 5.41) is 2.94. The number of carbonyl (C=O) groups excluding carboxylic acids is 2. The highest BCUT2D eigenvalue weighted by Gasteiger charge is 2.29. The van der Waals surface area contributed by atoms with Crippen LogP contribution in [0.1, 0.15) is 36.6 Å². The average molecular weight is 492 g/mol. The summed E-state index contributed by atoms with van der Waals surface area (Å²) in [5.74, 6) is -0.484. The molecule has 2 atom stereocenters. The summed E-state index contributed by atoms with van der Waals surface area (Å²) in [4.78, 5) is 26.8. The lowest BCUT2D eigenvalue weighted by Gasteiger charge is -2.22. The molecule has 0 bridgehead atoms. The SMILES string of the molecule is CC(=O)N1CCc2cc(S(=O)(=O)N[C@H](Cc3ccccc3)C(=O)N[C@@H](C)c3ccccc3)ccc21. The van der Waals surface area contributed by atoms with E-state index in [9.17, 15) is 18.0 Å². The van der Waals surface area contributed by atoms with Gasteiger partial charge in [0.1, 0.15) is 6.04 Å². The van der Waals surface area contributed by atoms with E-state index in [0.29, 0.717) is 13.0 Å². The monoisotopic (exact) mass is 491 g/mol. The molecule has 8 heteroatoms. The second kappa shape index (κ2) is 10.4. The average Bonchev–Trinajstić information content (AvgIpc) is 3.28. The molecule has 0 spiro atoms. The maximum absolute atomic E-state index is 13.3. The summed E-state index contributed by atoms with van der Waals surface area (Å²) in [6, 6.07) is 22.2. The highest BCUT2D eigenvalue weighted by Crippen LogP contribution is 2.30. The van der Waals surface area contributed by atoms with Crippen molar-refractivity contribution in [3.8, 4) is 0 Å². The van der Waals surface area contributed by atoms with Crippen molar-refractivity contribution in [1.29, 1.82) is 0 Å². The molecule has 3 aromatic rings. The van der Waals surface area contributed by atoms with E-state index >= 15 is 0 Å². The molecule has 0 aromatic heterocycles. The second-order valence-corrected chi connectivity index (χ2v) is 10.4. The third-order valence-corrected chi connectivity index (χ3v) is 7.66. The van der Waals surface area contributed by atoms with Crippen LogP contribution in [0, 0.1) is 0 Å². The Balaban J connectivity index is 1.57. The number of sulfonamides is 1. The molecule has 3 aromatic carbocycles. The van der Waals surface area contributed by atoms with Gasteiger partial charge < -0.3 is 10.2 Å². The second-order valence-electron chi connectivity index (χ2n) is 8.72. The zero-order valence-electron chi connectivity index (χ0n) is 19.8. The normalized spacial score (nSPS) is 14.7. The van der Waals surface area contributed by atoms with Crippen molar-refractivity contribution in [2.45, 2.75) is 43.7 Å². The van der Waals surface area contributed by atoms with Crippen LogP contribution in [0.15, 0.2) is 83.8 Å². The topological polar surface area (TPSA) is 95.6 Å². The van der Waals surface area contributed by atoms with Crippen LogP contribution in [0.5, 0.6) is 0 Å². The molecule has 182 valence electrons. The first-order valence-corrected chi connectivity index (χ1v) is 13.1. The Hall–Kier alpha value is -3.49. The molecule has 0 radical (unpaired) electrons. The van der Waals surface area contributed by atoms with Crippen LogP contribution in [0.3, 0.4) is 0 Å². The molecule has 0 fully saturated rings. The number of rotatable bonds is 8. The number of benzene rings is 3. The van der Waals surface area contributed by atoms with Crippen molar-refractivity contribution < 1.29 is 18.0 Å². The summed E-state index contributed by atoms with van der Waals surface area (Å²) >= 11 is 0. The van der Waals surface area contributed by atoms with Gasteiger partial charge in [0, 0.05) is 19.2 Å². The summed E-state index contributed by atoms with van der Waals surface area (Å²) < 4.78 is 29.3. The van der Waals surface area contributed by atoms with Gasteiger partial charge in [0.05, 0.1) is 10.9 Å². The van der Waals surface area contributed by atoms with Crippen molar-refractivity contribution in [2.75, 3.05) is 11.4 Å². The van der Waals surface area contributed by atoms with E-state index in [0.717, 1.165) is 22.4 Å². The Morgan fingerprint density at radius 1 is 0.971 bits per heavy atom. The van der Waals surface area contributed by atoms with Crippen LogP contribution in [-0.2, 0) is 32.5 Å². The van der Waals surface area contributed by atoms with Crippen molar-refractivity contribution in [3.05, 3.63) is 95.6 Å². The van der Waals surface area contributed by atoms with Crippen molar-refractivity contribution in [2.24, 2.45) is 0 Å². The molecular formula is C27H29N3O4S. The van der Waals surface area contributed by atoms with Crippen LogP contribution < -0.4 is 14.9 Å². The maximum atomic E-state index is 13.3. The summed E-state index contributed by atoms with van der Waals surface area (Å²) in [5.41, 5.74) is 3.29. The van der Waals surface area contributed by atoms with E-state index in [2.05, 4.69) is 10.0 Å². The first-order valence-electron chi connectivity index (χ1n) is 11.6. The first kappa shape index (κ1) is 24.6. The highest BCUT2D eigenvalue weighted by molar-refractivity contribution is 7.89. The van der Waals surface area contributed by atoms with E-state index in [4.69, 9.17) is 0 Å². The molecule has 4 rings (SSSR count). The Bertz CT molecular complexity index is 1310. The van der Waals surface area contributed by atoms with Gasteiger partial charge in [-0.3, -0.25) is 9.59 Å².